The van der Waals surface area contributed by atoms with Gasteiger partial charge in [-0.1, -0.05) is 47.5 Å². The Balaban J connectivity index is 1.44. The second-order valence-electron chi connectivity index (χ2n) is 10.9. The predicted octanol–water partition coefficient (Wildman–Crippen LogP) is 4.49. The predicted molar refractivity (Wildman–Crippen MR) is 157 cm³/mol. The Hall–Kier alpha value is -2.16. The molecule has 1 unspecified atom stereocenters. The zero-order valence-corrected chi connectivity index (χ0v) is 24.8. The minimum Gasteiger partial charge on any atom is -0.379 e. The van der Waals surface area contributed by atoms with E-state index in [1.54, 1.807) is 9.80 Å². The highest BCUT2D eigenvalue weighted by atomic mass is 35.5. The van der Waals surface area contributed by atoms with Crippen molar-refractivity contribution in [1.82, 2.24) is 19.6 Å². The first-order chi connectivity index (χ1) is 18.7. The molecule has 0 bridgehead atoms. The third-order valence-corrected chi connectivity index (χ3v) is 8.91. The van der Waals surface area contributed by atoms with Crippen LogP contribution < -0.4 is 0 Å². The maximum atomic E-state index is 13.4. The van der Waals surface area contributed by atoms with Crippen LogP contribution in [0.3, 0.4) is 0 Å². The standard InChI is InChI=1S/C30H40Cl2N4O3/c1-33(2)29(38)30(36-17-19-39-20-18-36)12-15-35(16-13-30)14-11-25(24-9-10-26(31)27(32)21-24)22-34(3)28(37)23-7-5-4-6-8-23/h4-10,21,25H,11-20,22H2,1-3H3. The third kappa shape index (κ3) is 7.14. The topological polar surface area (TPSA) is 56.3 Å². The number of piperidine rings is 1. The molecule has 39 heavy (non-hydrogen) atoms. The van der Waals surface area contributed by atoms with Gasteiger partial charge in [-0.3, -0.25) is 14.5 Å². The molecule has 2 aliphatic rings. The first-order valence-corrected chi connectivity index (χ1v) is 14.5. The molecule has 0 radical (unpaired) electrons. The molecule has 9 heteroatoms. The zero-order valence-electron chi connectivity index (χ0n) is 23.2. The molecule has 0 aromatic heterocycles. The van der Waals surface area contributed by atoms with Gasteiger partial charge in [-0.05, 0) is 55.6 Å². The molecule has 0 saturated carbocycles. The van der Waals surface area contributed by atoms with Gasteiger partial charge >= 0.3 is 0 Å². The summed E-state index contributed by atoms with van der Waals surface area (Å²) in [7, 11) is 5.56. The van der Waals surface area contributed by atoms with E-state index in [0.29, 0.717) is 35.4 Å². The lowest BCUT2D eigenvalue weighted by Gasteiger charge is -2.49. The number of likely N-dealkylation sites (tertiary alicyclic amines) is 1. The molecular formula is C30H40Cl2N4O3. The van der Waals surface area contributed by atoms with E-state index in [0.717, 1.165) is 57.5 Å². The first-order valence-electron chi connectivity index (χ1n) is 13.7. The van der Waals surface area contributed by atoms with Crippen LogP contribution >= 0.6 is 23.2 Å². The monoisotopic (exact) mass is 574 g/mol. The molecule has 2 aromatic rings. The van der Waals surface area contributed by atoms with E-state index in [1.807, 2.05) is 69.7 Å². The van der Waals surface area contributed by atoms with Gasteiger partial charge in [0.2, 0.25) is 5.91 Å². The Morgan fingerprint density at radius 3 is 2.23 bits per heavy atom. The minimum atomic E-state index is -0.463. The highest BCUT2D eigenvalue weighted by molar-refractivity contribution is 6.42. The zero-order chi connectivity index (χ0) is 28.0. The first kappa shape index (κ1) is 29.8. The number of rotatable bonds is 9. The maximum Gasteiger partial charge on any atom is 0.253 e. The number of carbonyl (C=O) groups excluding carboxylic acids is 2. The van der Waals surface area contributed by atoms with E-state index >= 15 is 0 Å². The molecule has 2 amide bonds. The van der Waals surface area contributed by atoms with Crippen molar-refractivity contribution >= 4 is 35.0 Å². The lowest BCUT2D eigenvalue weighted by Crippen LogP contribution is -2.65. The van der Waals surface area contributed by atoms with Crippen molar-refractivity contribution in [1.29, 1.82) is 0 Å². The summed E-state index contributed by atoms with van der Waals surface area (Å²) in [4.78, 5) is 34.8. The van der Waals surface area contributed by atoms with Crippen molar-refractivity contribution < 1.29 is 14.3 Å². The number of likely N-dealkylation sites (N-methyl/N-ethyl adjacent to an activating group) is 2. The summed E-state index contributed by atoms with van der Waals surface area (Å²) in [5.41, 5.74) is 1.28. The summed E-state index contributed by atoms with van der Waals surface area (Å²) < 4.78 is 5.57. The molecular weight excluding hydrogens is 535 g/mol. The Bertz CT molecular complexity index is 1120. The molecule has 1 atom stereocenters. The van der Waals surface area contributed by atoms with Crippen molar-refractivity contribution in [2.24, 2.45) is 0 Å². The summed E-state index contributed by atoms with van der Waals surface area (Å²) in [6.45, 7) is 6.07. The largest absolute Gasteiger partial charge is 0.379 e. The highest BCUT2D eigenvalue weighted by Crippen LogP contribution is 2.33. The van der Waals surface area contributed by atoms with Gasteiger partial charge in [0, 0.05) is 65.3 Å². The molecule has 0 aliphatic carbocycles. The van der Waals surface area contributed by atoms with Crippen molar-refractivity contribution in [3.8, 4) is 0 Å². The fraction of sp³-hybridized carbons (Fsp3) is 0.533. The van der Waals surface area contributed by atoms with E-state index in [9.17, 15) is 9.59 Å². The number of carbonyl (C=O) groups is 2. The van der Waals surface area contributed by atoms with Crippen LogP contribution in [0.25, 0.3) is 0 Å². The number of morpholine rings is 1. The number of amides is 2. The van der Waals surface area contributed by atoms with Crippen LogP contribution in [0.5, 0.6) is 0 Å². The average molecular weight is 576 g/mol. The van der Waals surface area contributed by atoms with E-state index in [2.05, 4.69) is 9.80 Å². The molecule has 0 spiro atoms. The van der Waals surface area contributed by atoms with Crippen LogP contribution in [0.1, 0.15) is 41.1 Å². The molecule has 4 rings (SSSR count). The molecule has 0 N–H and O–H groups in total. The summed E-state index contributed by atoms with van der Waals surface area (Å²) in [5, 5.41) is 1.04. The van der Waals surface area contributed by atoms with Gasteiger partial charge in [0.05, 0.1) is 23.3 Å². The van der Waals surface area contributed by atoms with Crippen molar-refractivity contribution in [3.05, 3.63) is 69.7 Å². The molecule has 2 saturated heterocycles. The summed E-state index contributed by atoms with van der Waals surface area (Å²) in [6.07, 6.45) is 2.46. The SMILES string of the molecule is CN(C)C(=O)C1(N2CCOCC2)CCN(CCC(CN(C)C(=O)c2ccccc2)c2ccc(Cl)c(Cl)c2)CC1. The lowest BCUT2D eigenvalue weighted by molar-refractivity contribution is -0.150. The van der Waals surface area contributed by atoms with Crippen LogP contribution in [0, 0.1) is 0 Å². The Labute approximate surface area is 242 Å². The lowest BCUT2D eigenvalue weighted by atomic mass is 9.83. The Kier molecular flexibility index (Phi) is 10.3. The van der Waals surface area contributed by atoms with E-state index in [-0.39, 0.29) is 17.7 Å². The summed E-state index contributed by atoms with van der Waals surface area (Å²) >= 11 is 12.6. The average Bonchev–Trinajstić information content (AvgIpc) is 2.97. The molecule has 2 aliphatic heterocycles. The van der Waals surface area contributed by atoms with Crippen molar-refractivity contribution in [2.45, 2.75) is 30.7 Å². The van der Waals surface area contributed by atoms with Crippen molar-refractivity contribution in [3.63, 3.8) is 0 Å². The van der Waals surface area contributed by atoms with Crippen LogP contribution in [-0.4, -0.2) is 111 Å². The van der Waals surface area contributed by atoms with E-state index in [1.165, 1.54) is 0 Å². The number of hydrogen-bond acceptors (Lipinski definition) is 5. The Morgan fingerprint density at radius 1 is 0.949 bits per heavy atom. The van der Waals surface area contributed by atoms with Gasteiger partial charge in [-0.15, -0.1) is 0 Å². The van der Waals surface area contributed by atoms with Crippen LogP contribution in [0.15, 0.2) is 48.5 Å². The van der Waals surface area contributed by atoms with Crippen LogP contribution in [-0.2, 0) is 9.53 Å². The second-order valence-corrected chi connectivity index (χ2v) is 11.7. The third-order valence-electron chi connectivity index (χ3n) is 8.17. The second kappa shape index (κ2) is 13.5. The normalized spacial score (nSPS) is 18.9. The quantitative estimate of drug-likeness (QED) is 0.441. The number of nitrogens with zero attached hydrogens (tertiary/aromatic N) is 4. The van der Waals surface area contributed by atoms with E-state index in [4.69, 9.17) is 27.9 Å². The maximum absolute atomic E-state index is 13.4. The number of halogens is 2. The summed E-state index contributed by atoms with van der Waals surface area (Å²) in [6, 6.07) is 15.1. The van der Waals surface area contributed by atoms with Gasteiger partial charge in [-0.25, -0.2) is 0 Å². The number of benzene rings is 2. The molecule has 2 fully saturated rings. The molecule has 2 heterocycles. The number of ether oxygens (including phenoxy) is 1. The molecule has 7 nitrogen and oxygen atoms in total. The number of hydrogen-bond donors (Lipinski definition) is 0. The van der Waals surface area contributed by atoms with Crippen molar-refractivity contribution in [2.75, 3.05) is 73.6 Å². The van der Waals surface area contributed by atoms with Gasteiger partial charge < -0.3 is 19.4 Å². The highest BCUT2D eigenvalue weighted by Gasteiger charge is 2.47. The molecule has 2 aromatic carbocycles. The fourth-order valence-electron chi connectivity index (χ4n) is 5.90. The van der Waals surface area contributed by atoms with Gasteiger partial charge in [-0.2, -0.15) is 0 Å². The minimum absolute atomic E-state index is 0.00359. The smallest absolute Gasteiger partial charge is 0.253 e. The summed E-state index contributed by atoms with van der Waals surface area (Å²) in [5.74, 6) is 0.279. The van der Waals surface area contributed by atoms with Gasteiger partial charge in [0.1, 0.15) is 5.54 Å². The Morgan fingerprint density at radius 2 is 1.62 bits per heavy atom. The van der Waals surface area contributed by atoms with Gasteiger partial charge in [0.25, 0.3) is 5.91 Å². The van der Waals surface area contributed by atoms with Crippen LogP contribution in [0.4, 0.5) is 0 Å². The van der Waals surface area contributed by atoms with Crippen LogP contribution in [0.2, 0.25) is 10.0 Å². The molecule has 212 valence electrons. The van der Waals surface area contributed by atoms with E-state index < -0.39 is 5.54 Å². The fourth-order valence-corrected chi connectivity index (χ4v) is 6.21. The van der Waals surface area contributed by atoms with Gasteiger partial charge in [0.15, 0.2) is 0 Å².